The van der Waals surface area contributed by atoms with Crippen LogP contribution < -0.4 is 9.64 Å². The summed E-state index contributed by atoms with van der Waals surface area (Å²) in [5, 5.41) is 3.96. The molecule has 6 nitrogen and oxygen atoms in total. The first kappa shape index (κ1) is 17.5. The fourth-order valence-corrected chi connectivity index (χ4v) is 3.23. The Morgan fingerprint density at radius 2 is 2.04 bits per heavy atom. The Balaban J connectivity index is 1.56. The van der Waals surface area contributed by atoms with E-state index in [0.717, 1.165) is 11.3 Å². The first-order chi connectivity index (χ1) is 13.1. The molecule has 0 bridgehead atoms. The number of rotatable bonds is 4. The molecule has 1 saturated heterocycles. The number of carbonyl (C=O) groups is 1. The van der Waals surface area contributed by atoms with E-state index in [2.05, 4.69) is 10.1 Å². The topological polar surface area (TPSA) is 68.5 Å². The van der Waals surface area contributed by atoms with Crippen molar-refractivity contribution in [1.82, 2.24) is 10.1 Å². The van der Waals surface area contributed by atoms with E-state index in [1.807, 2.05) is 12.1 Å². The van der Waals surface area contributed by atoms with Gasteiger partial charge in [-0.3, -0.25) is 4.79 Å². The Bertz CT molecular complexity index is 990. The third kappa shape index (κ3) is 3.26. The third-order valence-electron chi connectivity index (χ3n) is 4.49. The van der Waals surface area contributed by atoms with Gasteiger partial charge in [-0.05, 0) is 36.4 Å². The molecule has 0 saturated carbocycles. The van der Waals surface area contributed by atoms with Crippen LogP contribution in [0.25, 0.3) is 11.4 Å². The summed E-state index contributed by atoms with van der Waals surface area (Å²) < 4.78 is 24.7. The van der Waals surface area contributed by atoms with Gasteiger partial charge in [0.2, 0.25) is 17.6 Å². The molecule has 2 aromatic carbocycles. The van der Waals surface area contributed by atoms with Crippen molar-refractivity contribution < 1.29 is 18.4 Å². The highest BCUT2D eigenvalue weighted by atomic mass is 35.5. The highest BCUT2D eigenvalue weighted by molar-refractivity contribution is 6.31. The normalized spacial score (nSPS) is 16.8. The van der Waals surface area contributed by atoms with E-state index in [1.54, 1.807) is 25.3 Å². The maximum atomic E-state index is 14.3. The third-order valence-corrected chi connectivity index (χ3v) is 4.78. The zero-order chi connectivity index (χ0) is 19.0. The molecule has 1 fully saturated rings. The number of hydrogen-bond donors (Lipinski definition) is 0. The van der Waals surface area contributed by atoms with Gasteiger partial charge in [-0.15, -0.1) is 0 Å². The van der Waals surface area contributed by atoms with Gasteiger partial charge in [-0.1, -0.05) is 22.8 Å². The van der Waals surface area contributed by atoms with Gasteiger partial charge in [0.05, 0.1) is 23.7 Å². The van der Waals surface area contributed by atoms with Crippen LogP contribution in [0, 0.1) is 5.82 Å². The molecular weight excluding hydrogens is 373 g/mol. The smallest absolute Gasteiger partial charge is 0.232 e. The minimum absolute atomic E-state index is 0.0247. The predicted molar refractivity (Wildman–Crippen MR) is 97.4 cm³/mol. The average Bonchev–Trinajstić information content (AvgIpc) is 3.31. The summed E-state index contributed by atoms with van der Waals surface area (Å²) in [5.74, 6) is 0.355. The molecular formula is C19H15ClFN3O3. The summed E-state index contributed by atoms with van der Waals surface area (Å²) >= 11 is 5.82. The van der Waals surface area contributed by atoms with Gasteiger partial charge in [0.25, 0.3) is 0 Å². The molecule has 1 atom stereocenters. The maximum Gasteiger partial charge on any atom is 0.232 e. The van der Waals surface area contributed by atoms with Crippen molar-refractivity contribution in [3.63, 3.8) is 0 Å². The molecule has 0 radical (unpaired) electrons. The van der Waals surface area contributed by atoms with Gasteiger partial charge in [-0.2, -0.15) is 4.98 Å². The zero-order valence-electron chi connectivity index (χ0n) is 14.4. The summed E-state index contributed by atoms with van der Waals surface area (Å²) in [5.41, 5.74) is 0.928. The number of halogens is 2. The number of nitrogens with zero attached hydrogens (tertiary/aromatic N) is 3. The van der Waals surface area contributed by atoms with Crippen LogP contribution in [0.1, 0.15) is 18.2 Å². The van der Waals surface area contributed by atoms with Gasteiger partial charge >= 0.3 is 0 Å². The second kappa shape index (κ2) is 7.00. The van der Waals surface area contributed by atoms with E-state index < -0.39 is 5.82 Å². The van der Waals surface area contributed by atoms with Gasteiger partial charge < -0.3 is 14.2 Å². The monoisotopic (exact) mass is 387 g/mol. The lowest BCUT2D eigenvalue weighted by molar-refractivity contribution is -0.117. The van der Waals surface area contributed by atoms with Crippen LogP contribution in [0.15, 0.2) is 47.0 Å². The molecule has 0 aliphatic carbocycles. The lowest BCUT2D eigenvalue weighted by Gasteiger charge is -2.17. The van der Waals surface area contributed by atoms with Crippen LogP contribution in [0.5, 0.6) is 5.75 Å². The van der Waals surface area contributed by atoms with Crippen molar-refractivity contribution in [2.24, 2.45) is 0 Å². The van der Waals surface area contributed by atoms with Crippen molar-refractivity contribution >= 4 is 23.2 Å². The SMILES string of the molecule is COc1ccc(-c2noc(C3CC(=O)N(c4cccc(Cl)c4F)C3)n2)cc1. The molecule has 1 aliphatic heterocycles. The number of amides is 1. The molecule has 27 heavy (non-hydrogen) atoms. The number of aromatic nitrogens is 2. The standard InChI is InChI=1S/C19H15ClFN3O3/c1-26-13-7-5-11(6-8-13)18-22-19(27-23-18)12-9-16(25)24(10-12)15-4-2-3-14(20)17(15)21/h2-8,12H,9-10H2,1H3. The molecule has 4 rings (SSSR count). The Morgan fingerprint density at radius 3 is 2.78 bits per heavy atom. The number of anilines is 1. The highest BCUT2D eigenvalue weighted by Gasteiger charge is 2.36. The number of benzene rings is 2. The van der Waals surface area contributed by atoms with E-state index in [-0.39, 0.29) is 35.5 Å². The predicted octanol–water partition coefficient (Wildman–Crippen LogP) is 4.06. The summed E-state index contributed by atoms with van der Waals surface area (Å²) in [6.45, 7) is 0.250. The Labute approximate surface area is 159 Å². The van der Waals surface area contributed by atoms with Crippen molar-refractivity contribution in [2.45, 2.75) is 12.3 Å². The van der Waals surface area contributed by atoms with Crippen molar-refractivity contribution in [3.8, 4) is 17.1 Å². The average molecular weight is 388 g/mol. The number of carbonyl (C=O) groups excluding carboxylic acids is 1. The Morgan fingerprint density at radius 1 is 1.26 bits per heavy atom. The fourth-order valence-electron chi connectivity index (χ4n) is 3.07. The van der Waals surface area contributed by atoms with Crippen molar-refractivity contribution in [3.05, 3.63) is 59.2 Å². The van der Waals surface area contributed by atoms with E-state index >= 15 is 0 Å². The van der Waals surface area contributed by atoms with Crippen LogP contribution in [0.4, 0.5) is 10.1 Å². The van der Waals surface area contributed by atoms with Crippen LogP contribution in [-0.4, -0.2) is 29.7 Å². The second-order valence-corrected chi connectivity index (χ2v) is 6.57. The molecule has 3 aromatic rings. The molecule has 1 unspecified atom stereocenters. The molecule has 0 spiro atoms. The lowest BCUT2D eigenvalue weighted by Crippen LogP contribution is -2.25. The molecule has 1 amide bonds. The summed E-state index contributed by atoms with van der Waals surface area (Å²) in [6, 6.07) is 11.8. The zero-order valence-corrected chi connectivity index (χ0v) is 15.1. The quantitative estimate of drug-likeness (QED) is 0.675. The van der Waals surface area contributed by atoms with E-state index in [4.69, 9.17) is 20.9 Å². The van der Waals surface area contributed by atoms with Crippen LogP contribution >= 0.6 is 11.6 Å². The Kier molecular flexibility index (Phi) is 4.53. The largest absolute Gasteiger partial charge is 0.497 e. The van der Waals surface area contributed by atoms with Crippen LogP contribution in [0.2, 0.25) is 5.02 Å². The molecule has 0 N–H and O–H groups in total. The maximum absolute atomic E-state index is 14.3. The number of ether oxygens (including phenoxy) is 1. The van der Waals surface area contributed by atoms with Gasteiger partial charge in [0.15, 0.2) is 5.82 Å². The molecule has 1 aliphatic rings. The van der Waals surface area contributed by atoms with E-state index in [1.165, 1.54) is 17.0 Å². The van der Waals surface area contributed by atoms with Crippen molar-refractivity contribution in [2.75, 3.05) is 18.6 Å². The number of hydrogen-bond acceptors (Lipinski definition) is 5. The van der Waals surface area contributed by atoms with Gasteiger partial charge in [0, 0.05) is 18.5 Å². The summed E-state index contributed by atoms with van der Waals surface area (Å²) in [7, 11) is 1.59. The number of methoxy groups -OCH3 is 1. The highest BCUT2D eigenvalue weighted by Crippen LogP contribution is 2.34. The molecule has 1 aromatic heterocycles. The minimum Gasteiger partial charge on any atom is -0.497 e. The molecule has 8 heteroatoms. The van der Waals surface area contributed by atoms with Gasteiger partial charge in [0.1, 0.15) is 5.75 Å². The van der Waals surface area contributed by atoms with Crippen LogP contribution in [0.3, 0.4) is 0 Å². The van der Waals surface area contributed by atoms with Crippen LogP contribution in [-0.2, 0) is 4.79 Å². The second-order valence-electron chi connectivity index (χ2n) is 6.16. The summed E-state index contributed by atoms with van der Waals surface area (Å²) in [6.07, 6.45) is 0.163. The van der Waals surface area contributed by atoms with Gasteiger partial charge in [-0.25, -0.2) is 4.39 Å². The fraction of sp³-hybridized carbons (Fsp3) is 0.211. The van der Waals surface area contributed by atoms with E-state index in [0.29, 0.717) is 11.7 Å². The lowest BCUT2D eigenvalue weighted by atomic mass is 10.1. The first-order valence-electron chi connectivity index (χ1n) is 8.29. The Hall–Kier alpha value is -2.93. The van der Waals surface area contributed by atoms with E-state index in [9.17, 15) is 9.18 Å². The first-order valence-corrected chi connectivity index (χ1v) is 8.67. The van der Waals surface area contributed by atoms with Crippen molar-refractivity contribution in [1.29, 1.82) is 0 Å². The molecule has 2 heterocycles. The minimum atomic E-state index is -0.613. The molecule has 138 valence electrons. The summed E-state index contributed by atoms with van der Waals surface area (Å²) in [4.78, 5) is 18.1.